The molecule has 0 spiro atoms. The van der Waals surface area contributed by atoms with E-state index in [2.05, 4.69) is 49.2 Å². The van der Waals surface area contributed by atoms with Gasteiger partial charge in [-0.3, -0.25) is 4.79 Å². The Balaban J connectivity index is 2.14. The lowest BCUT2D eigenvalue weighted by molar-refractivity contribution is -0.121. The molecule has 2 nitrogen and oxygen atoms in total. The molecule has 0 N–H and O–H groups in total. The quantitative estimate of drug-likeness (QED) is 0.761. The molecular formula is C18H25NO. The van der Waals surface area contributed by atoms with Crippen LogP contribution in [0.15, 0.2) is 29.8 Å². The number of carbonyl (C=O) groups excluding carboxylic acids is 1. The van der Waals surface area contributed by atoms with Crippen molar-refractivity contribution in [3.8, 4) is 0 Å². The van der Waals surface area contributed by atoms with Gasteiger partial charge in [0.25, 0.3) is 0 Å². The third-order valence-electron chi connectivity index (χ3n) is 4.16. The van der Waals surface area contributed by atoms with E-state index >= 15 is 0 Å². The van der Waals surface area contributed by atoms with E-state index in [1.165, 1.54) is 5.69 Å². The van der Waals surface area contributed by atoms with Crippen LogP contribution < -0.4 is 4.90 Å². The highest BCUT2D eigenvalue weighted by atomic mass is 16.1. The molecule has 2 heteroatoms. The fourth-order valence-corrected chi connectivity index (χ4v) is 2.74. The number of allylic oxidation sites excluding steroid dienone is 1. The number of ketones is 1. The maximum absolute atomic E-state index is 12.2. The molecule has 2 rings (SSSR count). The van der Waals surface area contributed by atoms with E-state index < -0.39 is 0 Å². The van der Waals surface area contributed by atoms with Gasteiger partial charge < -0.3 is 4.90 Å². The molecule has 0 saturated heterocycles. The second-order valence-electron chi connectivity index (χ2n) is 6.40. The number of carbonyl (C=O) groups is 1. The second kappa shape index (κ2) is 5.82. The van der Waals surface area contributed by atoms with E-state index in [4.69, 9.17) is 0 Å². The van der Waals surface area contributed by atoms with Crippen LogP contribution in [-0.2, 0) is 4.79 Å². The van der Waals surface area contributed by atoms with Gasteiger partial charge in [0.2, 0.25) is 0 Å². The maximum atomic E-state index is 12.2. The molecule has 1 fully saturated rings. The van der Waals surface area contributed by atoms with Crippen LogP contribution in [0, 0.1) is 5.41 Å². The highest BCUT2D eigenvalue weighted by molar-refractivity contribution is 6.05. The Hall–Kier alpha value is -1.57. The molecule has 20 heavy (non-hydrogen) atoms. The first-order valence-electron chi connectivity index (χ1n) is 7.50. The van der Waals surface area contributed by atoms with E-state index in [1.807, 2.05) is 13.8 Å². The molecule has 0 radical (unpaired) electrons. The minimum atomic E-state index is -0.173. The van der Waals surface area contributed by atoms with Gasteiger partial charge in [0.1, 0.15) is 0 Å². The summed E-state index contributed by atoms with van der Waals surface area (Å²) in [5.41, 5.74) is 3.16. The molecule has 1 saturated carbocycles. The molecule has 1 aliphatic carbocycles. The zero-order valence-electron chi connectivity index (χ0n) is 13.1. The average Bonchev–Trinajstić information content (AvgIpc) is 2.67. The van der Waals surface area contributed by atoms with Crippen LogP contribution in [0.4, 0.5) is 5.69 Å². The van der Waals surface area contributed by atoms with E-state index in [1.54, 1.807) is 0 Å². The molecule has 0 unspecified atom stereocenters. The minimum absolute atomic E-state index is 0.173. The van der Waals surface area contributed by atoms with Gasteiger partial charge in [-0.2, -0.15) is 0 Å². The first kappa shape index (κ1) is 14.8. The first-order valence-corrected chi connectivity index (χ1v) is 7.50. The minimum Gasteiger partial charge on any atom is -0.375 e. The lowest BCUT2D eigenvalue weighted by Gasteiger charge is -2.18. The Morgan fingerprint density at radius 2 is 1.90 bits per heavy atom. The zero-order chi connectivity index (χ0) is 14.8. The Labute approximate surface area is 122 Å². The van der Waals surface area contributed by atoms with E-state index in [0.29, 0.717) is 5.78 Å². The largest absolute Gasteiger partial charge is 0.375 e. The van der Waals surface area contributed by atoms with Gasteiger partial charge in [0, 0.05) is 24.7 Å². The van der Waals surface area contributed by atoms with Crippen molar-refractivity contribution in [1.29, 1.82) is 0 Å². The summed E-state index contributed by atoms with van der Waals surface area (Å²) in [5, 5.41) is 0. The van der Waals surface area contributed by atoms with Crippen molar-refractivity contribution in [2.45, 2.75) is 40.0 Å². The van der Waals surface area contributed by atoms with Gasteiger partial charge in [-0.1, -0.05) is 32.9 Å². The zero-order valence-corrected chi connectivity index (χ0v) is 13.1. The second-order valence-corrected chi connectivity index (χ2v) is 6.40. The Bertz CT molecular complexity index is 511. The van der Waals surface area contributed by atoms with Crippen molar-refractivity contribution in [1.82, 2.24) is 0 Å². The van der Waals surface area contributed by atoms with Gasteiger partial charge in [-0.05, 0) is 48.6 Å². The number of rotatable bonds is 4. The normalized spacial score (nSPS) is 19.6. The summed E-state index contributed by atoms with van der Waals surface area (Å²) >= 11 is 0. The average molecular weight is 271 g/mol. The van der Waals surface area contributed by atoms with Crippen molar-refractivity contribution < 1.29 is 4.79 Å². The molecule has 108 valence electrons. The Morgan fingerprint density at radius 3 is 2.40 bits per heavy atom. The van der Waals surface area contributed by atoms with Crippen LogP contribution in [0.1, 0.15) is 45.6 Å². The summed E-state index contributed by atoms with van der Waals surface area (Å²) in [4.78, 5) is 14.5. The number of hydrogen-bond donors (Lipinski definition) is 0. The summed E-state index contributed by atoms with van der Waals surface area (Å²) in [6.45, 7) is 7.33. The van der Waals surface area contributed by atoms with Gasteiger partial charge in [0.05, 0.1) is 0 Å². The van der Waals surface area contributed by atoms with Crippen LogP contribution in [0.2, 0.25) is 0 Å². The van der Waals surface area contributed by atoms with Crippen molar-refractivity contribution >= 4 is 17.5 Å². The molecule has 0 amide bonds. The molecule has 0 aromatic heterocycles. The number of nitrogens with zero attached hydrogens (tertiary/aromatic N) is 1. The summed E-state index contributed by atoms with van der Waals surface area (Å²) in [6, 6.07) is 8.47. The maximum Gasteiger partial charge on any atom is 0.164 e. The molecule has 0 heterocycles. The van der Waals surface area contributed by atoms with E-state index in [0.717, 1.165) is 36.9 Å². The van der Waals surface area contributed by atoms with E-state index in [9.17, 15) is 4.79 Å². The summed E-state index contributed by atoms with van der Waals surface area (Å²) in [7, 11) is 2.11. The van der Waals surface area contributed by atoms with Crippen LogP contribution in [-0.4, -0.2) is 19.4 Å². The number of hydrogen-bond acceptors (Lipinski definition) is 2. The highest BCUT2D eigenvalue weighted by Crippen LogP contribution is 2.37. The number of benzene rings is 1. The molecule has 0 bridgehead atoms. The summed E-state index contributed by atoms with van der Waals surface area (Å²) in [5.74, 6) is 0.310. The molecule has 0 aliphatic heterocycles. The van der Waals surface area contributed by atoms with Crippen LogP contribution in [0.5, 0.6) is 0 Å². The lowest BCUT2D eigenvalue weighted by atomic mass is 9.90. The Kier molecular flexibility index (Phi) is 4.32. The number of anilines is 1. The molecule has 1 aromatic carbocycles. The van der Waals surface area contributed by atoms with Gasteiger partial charge in [-0.25, -0.2) is 0 Å². The third kappa shape index (κ3) is 3.12. The molecule has 0 atom stereocenters. The highest BCUT2D eigenvalue weighted by Gasteiger charge is 2.36. The molecule has 1 aliphatic rings. The fraction of sp³-hybridized carbons (Fsp3) is 0.500. The van der Waals surface area contributed by atoms with Gasteiger partial charge >= 0.3 is 0 Å². The predicted molar refractivity (Wildman–Crippen MR) is 86.0 cm³/mol. The Morgan fingerprint density at radius 1 is 1.25 bits per heavy atom. The third-order valence-corrected chi connectivity index (χ3v) is 4.16. The topological polar surface area (TPSA) is 20.3 Å². The molecule has 1 aromatic rings. The molecular weight excluding hydrogens is 246 g/mol. The SMILES string of the molecule is CCCN(C)c1ccc(/C=C2\CCC(C)(C)C2=O)cc1. The monoisotopic (exact) mass is 271 g/mol. The van der Waals surface area contributed by atoms with Crippen molar-refractivity contribution in [2.75, 3.05) is 18.5 Å². The van der Waals surface area contributed by atoms with Crippen molar-refractivity contribution in [3.05, 3.63) is 35.4 Å². The van der Waals surface area contributed by atoms with E-state index in [-0.39, 0.29) is 5.41 Å². The van der Waals surface area contributed by atoms with Crippen LogP contribution >= 0.6 is 0 Å². The van der Waals surface area contributed by atoms with Gasteiger partial charge in [-0.15, -0.1) is 0 Å². The van der Waals surface area contributed by atoms with Crippen molar-refractivity contribution in [2.24, 2.45) is 5.41 Å². The standard InChI is InChI=1S/C18H25NO/c1-5-12-19(4)16-8-6-14(7-9-16)13-15-10-11-18(2,3)17(15)20/h6-9,13H,5,10-12H2,1-4H3/b15-13+. The summed E-state index contributed by atoms with van der Waals surface area (Å²) in [6.07, 6.45) is 5.07. The predicted octanol–water partition coefficient (Wildman–Crippen LogP) is 4.31. The van der Waals surface area contributed by atoms with Crippen molar-refractivity contribution in [3.63, 3.8) is 0 Å². The van der Waals surface area contributed by atoms with Gasteiger partial charge in [0.15, 0.2) is 5.78 Å². The lowest BCUT2D eigenvalue weighted by Crippen LogP contribution is -2.17. The smallest absolute Gasteiger partial charge is 0.164 e. The number of Topliss-reactive ketones (excluding diaryl/α,β-unsaturated/α-hetero) is 1. The summed E-state index contributed by atoms with van der Waals surface area (Å²) < 4.78 is 0. The van der Waals surface area contributed by atoms with Crippen LogP contribution in [0.25, 0.3) is 6.08 Å². The fourth-order valence-electron chi connectivity index (χ4n) is 2.74. The first-order chi connectivity index (χ1) is 9.44. The van der Waals surface area contributed by atoms with Crippen LogP contribution in [0.3, 0.4) is 0 Å².